The SMILES string of the molecule is O=C(Nc1ccc(CN2CCS(=O)(=O)CC2)cc1)c1ccc(-c2cc(NC(=O)C3CC3)ccc2F)cc1. The average Bonchev–Trinajstić information content (AvgIpc) is 3.74. The van der Waals surface area contributed by atoms with E-state index < -0.39 is 15.7 Å². The minimum absolute atomic E-state index is 0.0421. The number of benzene rings is 3. The Kier molecular flexibility index (Phi) is 7.08. The molecule has 1 saturated heterocycles. The van der Waals surface area contributed by atoms with Gasteiger partial charge < -0.3 is 10.6 Å². The lowest BCUT2D eigenvalue weighted by Crippen LogP contribution is -2.39. The molecule has 3 aromatic carbocycles. The van der Waals surface area contributed by atoms with Crippen LogP contribution in [0.5, 0.6) is 0 Å². The van der Waals surface area contributed by atoms with Crippen LogP contribution in [0.25, 0.3) is 11.1 Å². The minimum atomic E-state index is -2.91. The number of nitrogens with one attached hydrogen (secondary N) is 2. The summed E-state index contributed by atoms with van der Waals surface area (Å²) in [4.78, 5) is 26.9. The highest BCUT2D eigenvalue weighted by Crippen LogP contribution is 2.31. The quantitative estimate of drug-likeness (QED) is 0.483. The number of hydrogen-bond acceptors (Lipinski definition) is 5. The average molecular weight is 522 g/mol. The van der Waals surface area contributed by atoms with Crippen LogP contribution in [0.3, 0.4) is 0 Å². The van der Waals surface area contributed by atoms with Crippen molar-refractivity contribution in [3.05, 3.63) is 83.7 Å². The summed E-state index contributed by atoms with van der Waals surface area (Å²) >= 11 is 0. The van der Waals surface area contributed by atoms with E-state index in [4.69, 9.17) is 0 Å². The molecule has 2 aliphatic rings. The third-order valence-electron chi connectivity index (χ3n) is 6.70. The first-order chi connectivity index (χ1) is 17.8. The van der Waals surface area contributed by atoms with E-state index in [9.17, 15) is 22.4 Å². The number of sulfone groups is 1. The van der Waals surface area contributed by atoms with E-state index in [2.05, 4.69) is 15.5 Å². The molecule has 9 heteroatoms. The molecule has 1 aliphatic carbocycles. The molecule has 0 aromatic heterocycles. The molecule has 2 N–H and O–H groups in total. The van der Waals surface area contributed by atoms with Crippen LogP contribution in [0, 0.1) is 11.7 Å². The van der Waals surface area contributed by atoms with Crippen LogP contribution >= 0.6 is 0 Å². The van der Waals surface area contributed by atoms with Gasteiger partial charge in [0, 0.05) is 48.1 Å². The van der Waals surface area contributed by atoms with Gasteiger partial charge in [0.05, 0.1) is 11.5 Å². The van der Waals surface area contributed by atoms with E-state index in [-0.39, 0.29) is 29.2 Å². The van der Waals surface area contributed by atoms with E-state index in [1.807, 2.05) is 24.3 Å². The first-order valence-corrected chi connectivity index (χ1v) is 14.1. The first-order valence-electron chi connectivity index (χ1n) is 12.3. The van der Waals surface area contributed by atoms with Crippen molar-refractivity contribution in [1.82, 2.24) is 4.90 Å². The molecule has 0 atom stereocenters. The Morgan fingerprint density at radius 2 is 1.51 bits per heavy atom. The second-order valence-electron chi connectivity index (χ2n) is 9.61. The lowest BCUT2D eigenvalue weighted by Gasteiger charge is -2.26. The van der Waals surface area contributed by atoms with Gasteiger partial charge in [-0.2, -0.15) is 0 Å². The first kappa shape index (κ1) is 25.1. The number of rotatable bonds is 7. The van der Waals surface area contributed by atoms with Gasteiger partial charge in [-0.1, -0.05) is 24.3 Å². The third-order valence-corrected chi connectivity index (χ3v) is 8.30. The van der Waals surface area contributed by atoms with E-state index in [1.165, 1.54) is 6.07 Å². The monoisotopic (exact) mass is 521 g/mol. The standard InChI is InChI=1S/C28H28FN3O4S/c29-26-12-11-24(31-28(34)22-7-8-22)17-25(26)20-3-5-21(6-4-20)27(33)30-23-9-1-19(2-10-23)18-32-13-15-37(35,36)16-14-32/h1-6,9-12,17,22H,7-8,13-16,18H2,(H,30,33)(H,31,34). The Balaban J connectivity index is 1.19. The van der Waals surface area contributed by atoms with Crippen molar-refractivity contribution < 1.29 is 22.4 Å². The van der Waals surface area contributed by atoms with E-state index in [1.54, 1.807) is 36.4 Å². The van der Waals surface area contributed by atoms with Crippen LogP contribution < -0.4 is 10.6 Å². The molecule has 37 heavy (non-hydrogen) atoms. The number of carbonyl (C=O) groups is 2. The molecule has 5 rings (SSSR count). The maximum absolute atomic E-state index is 14.5. The molecule has 1 aliphatic heterocycles. The molecule has 2 amide bonds. The highest BCUT2D eigenvalue weighted by Gasteiger charge is 2.29. The number of amides is 2. The van der Waals surface area contributed by atoms with Gasteiger partial charge in [-0.3, -0.25) is 14.5 Å². The molecule has 0 bridgehead atoms. The smallest absolute Gasteiger partial charge is 0.255 e. The summed E-state index contributed by atoms with van der Waals surface area (Å²) in [5.74, 6) is -0.304. The Hall–Kier alpha value is -3.56. The molecule has 1 heterocycles. The molecule has 0 unspecified atom stereocenters. The fourth-order valence-corrected chi connectivity index (χ4v) is 5.56. The second-order valence-corrected chi connectivity index (χ2v) is 11.9. The molecule has 2 fully saturated rings. The molecule has 0 spiro atoms. The Morgan fingerprint density at radius 3 is 2.16 bits per heavy atom. The summed E-state index contributed by atoms with van der Waals surface area (Å²) in [5.41, 5.74) is 3.61. The zero-order valence-electron chi connectivity index (χ0n) is 20.2. The fourth-order valence-electron chi connectivity index (χ4n) is 4.28. The van der Waals surface area contributed by atoms with Gasteiger partial charge in [0.1, 0.15) is 5.82 Å². The molecule has 0 radical (unpaired) electrons. The van der Waals surface area contributed by atoms with Gasteiger partial charge >= 0.3 is 0 Å². The molecule has 192 valence electrons. The molecule has 1 saturated carbocycles. The lowest BCUT2D eigenvalue weighted by molar-refractivity contribution is -0.117. The Labute approximate surface area is 215 Å². The Morgan fingerprint density at radius 1 is 0.865 bits per heavy atom. The van der Waals surface area contributed by atoms with E-state index in [0.717, 1.165) is 18.4 Å². The predicted molar refractivity (Wildman–Crippen MR) is 142 cm³/mol. The number of anilines is 2. The zero-order chi connectivity index (χ0) is 26.0. The van der Waals surface area contributed by atoms with Gasteiger partial charge in [-0.25, -0.2) is 12.8 Å². The summed E-state index contributed by atoms with van der Waals surface area (Å²) in [7, 11) is -2.91. The van der Waals surface area contributed by atoms with E-state index in [0.29, 0.717) is 47.7 Å². The van der Waals surface area contributed by atoms with Gasteiger partial charge in [-0.15, -0.1) is 0 Å². The van der Waals surface area contributed by atoms with Crippen LogP contribution in [-0.4, -0.2) is 49.7 Å². The summed E-state index contributed by atoms with van der Waals surface area (Å²) < 4.78 is 37.7. The maximum Gasteiger partial charge on any atom is 0.255 e. The van der Waals surface area contributed by atoms with Crippen molar-refractivity contribution >= 4 is 33.0 Å². The highest BCUT2D eigenvalue weighted by molar-refractivity contribution is 7.91. The molecule has 3 aromatic rings. The van der Waals surface area contributed by atoms with Gasteiger partial charge in [0.15, 0.2) is 9.84 Å². The largest absolute Gasteiger partial charge is 0.326 e. The second kappa shape index (κ2) is 10.4. The predicted octanol–water partition coefficient (Wildman–Crippen LogP) is 4.32. The van der Waals surface area contributed by atoms with Crippen molar-refractivity contribution in [2.24, 2.45) is 5.92 Å². The van der Waals surface area contributed by atoms with Crippen molar-refractivity contribution in [3.63, 3.8) is 0 Å². The maximum atomic E-state index is 14.5. The summed E-state index contributed by atoms with van der Waals surface area (Å²) in [6.07, 6.45) is 1.78. The zero-order valence-corrected chi connectivity index (χ0v) is 21.1. The van der Waals surface area contributed by atoms with Gasteiger partial charge in [0.25, 0.3) is 5.91 Å². The van der Waals surface area contributed by atoms with Crippen LogP contribution in [0.4, 0.5) is 15.8 Å². The summed E-state index contributed by atoms with van der Waals surface area (Å²) in [5, 5.41) is 5.70. The van der Waals surface area contributed by atoms with Crippen LogP contribution in [0.1, 0.15) is 28.8 Å². The number of nitrogens with zero attached hydrogens (tertiary/aromatic N) is 1. The third kappa shape index (κ3) is 6.42. The summed E-state index contributed by atoms with van der Waals surface area (Å²) in [6, 6.07) is 18.6. The molecule has 7 nitrogen and oxygen atoms in total. The number of hydrogen-bond donors (Lipinski definition) is 2. The highest BCUT2D eigenvalue weighted by atomic mass is 32.2. The van der Waals surface area contributed by atoms with Crippen molar-refractivity contribution in [1.29, 1.82) is 0 Å². The van der Waals surface area contributed by atoms with Gasteiger partial charge in [-0.05, 0) is 66.4 Å². The molecular formula is C28H28FN3O4S. The number of carbonyl (C=O) groups excluding carboxylic acids is 2. The number of halogens is 1. The van der Waals surface area contributed by atoms with Crippen LogP contribution in [-0.2, 0) is 21.2 Å². The summed E-state index contributed by atoms with van der Waals surface area (Å²) in [6.45, 7) is 1.72. The normalized spacial score (nSPS) is 17.2. The van der Waals surface area contributed by atoms with Crippen LogP contribution in [0.2, 0.25) is 0 Å². The lowest BCUT2D eigenvalue weighted by atomic mass is 10.0. The fraction of sp³-hybridized carbons (Fsp3) is 0.286. The Bertz CT molecular complexity index is 1400. The van der Waals surface area contributed by atoms with Crippen LogP contribution in [0.15, 0.2) is 66.7 Å². The van der Waals surface area contributed by atoms with Crippen molar-refractivity contribution in [2.45, 2.75) is 19.4 Å². The van der Waals surface area contributed by atoms with Crippen molar-refractivity contribution in [3.8, 4) is 11.1 Å². The van der Waals surface area contributed by atoms with Crippen molar-refractivity contribution in [2.75, 3.05) is 35.2 Å². The van der Waals surface area contributed by atoms with Gasteiger partial charge in [0.2, 0.25) is 5.91 Å². The van der Waals surface area contributed by atoms with E-state index >= 15 is 0 Å². The topological polar surface area (TPSA) is 95.6 Å². The molecular weight excluding hydrogens is 493 g/mol. The minimum Gasteiger partial charge on any atom is -0.326 e.